The molecule has 0 atom stereocenters. The smallest absolute Gasteiger partial charge is 0.338 e. The minimum atomic E-state index is -0.457. The van der Waals surface area contributed by atoms with Gasteiger partial charge >= 0.3 is 12.0 Å². The summed E-state index contributed by atoms with van der Waals surface area (Å²) in [6, 6.07) is 18.8. The highest BCUT2D eigenvalue weighted by Gasteiger charge is 2.18. The molecular weight excluding hydrogens is 561 g/mol. The van der Waals surface area contributed by atoms with E-state index in [1.54, 1.807) is 61.1 Å². The fraction of sp³-hybridized carbons (Fsp3) is 0.185. The number of carbonyl (C=O) groups excluding carboxylic acids is 2. The molecule has 0 saturated heterocycles. The monoisotopic (exact) mass is 585 g/mol. The number of nitrogens with zero attached hydrogens (tertiary/aromatic N) is 3. The predicted molar refractivity (Wildman–Crippen MR) is 152 cm³/mol. The quantitative estimate of drug-likeness (QED) is 0.164. The molecule has 0 spiro atoms. The maximum Gasteiger partial charge on any atom is 0.338 e. The van der Waals surface area contributed by atoms with Crippen molar-refractivity contribution in [2.45, 2.75) is 24.4 Å². The summed E-state index contributed by atoms with van der Waals surface area (Å²) in [6.07, 6.45) is 0. The SMILES string of the molecule is CCOC(=O)c1ccc(NC(=O)NCc2nnc(SCc3cccc(OC)c3)n2-c2ccc(Cl)cc2Cl)cc1. The Labute approximate surface area is 239 Å². The summed E-state index contributed by atoms with van der Waals surface area (Å²) >= 11 is 14.1. The van der Waals surface area contributed by atoms with Crippen LogP contribution in [-0.2, 0) is 17.0 Å². The van der Waals surface area contributed by atoms with Gasteiger partial charge in [-0.05, 0) is 67.1 Å². The average Bonchev–Trinajstić information content (AvgIpc) is 3.34. The number of amides is 2. The van der Waals surface area contributed by atoms with Crippen molar-refractivity contribution >= 4 is 52.7 Å². The largest absolute Gasteiger partial charge is 0.497 e. The minimum absolute atomic E-state index is 0.0679. The van der Waals surface area contributed by atoms with Crippen LogP contribution in [-0.4, -0.2) is 40.5 Å². The highest BCUT2D eigenvalue weighted by molar-refractivity contribution is 7.98. The van der Waals surface area contributed by atoms with E-state index in [1.807, 2.05) is 24.3 Å². The number of esters is 1. The molecule has 1 aromatic heterocycles. The molecule has 1 heterocycles. The van der Waals surface area contributed by atoms with Gasteiger partial charge in [0.15, 0.2) is 11.0 Å². The zero-order valence-electron chi connectivity index (χ0n) is 21.1. The Hall–Kier alpha value is -3.73. The van der Waals surface area contributed by atoms with E-state index in [0.29, 0.717) is 43.7 Å². The zero-order valence-corrected chi connectivity index (χ0v) is 23.4. The number of methoxy groups -OCH3 is 1. The van der Waals surface area contributed by atoms with Crippen LogP contribution in [0.4, 0.5) is 10.5 Å². The maximum atomic E-state index is 12.6. The minimum Gasteiger partial charge on any atom is -0.497 e. The van der Waals surface area contributed by atoms with Gasteiger partial charge in [-0.3, -0.25) is 4.57 Å². The average molecular weight is 587 g/mol. The van der Waals surface area contributed by atoms with Gasteiger partial charge in [-0.25, -0.2) is 9.59 Å². The van der Waals surface area contributed by atoms with Crippen molar-refractivity contribution in [3.8, 4) is 11.4 Å². The van der Waals surface area contributed by atoms with Gasteiger partial charge in [0.2, 0.25) is 0 Å². The Balaban J connectivity index is 1.49. The molecule has 9 nitrogen and oxygen atoms in total. The molecule has 0 radical (unpaired) electrons. The first kappa shape index (κ1) is 28.3. The lowest BCUT2D eigenvalue weighted by molar-refractivity contribution is 0.0526. The number of carbonyl (C=O) groups is 2. The Morgan fingerprint density at radius 2 is 1.82 bits per heavy atom. The molecule has 0 bridgehead atoms. The van der Waals surface area contributed by atoms with Crippen molar-refractivity contribution in [2.75, 3.05) is 19.0 Å². The molecule has 4 aromatic rings. The molecule has 12 heteroatoms. The molecule has 202 valence electrons. The Kier molecular flexibility index (Phi) is 9.69. The molecular formula is C27H25Cl2N5O4S. The lowest BCUT2D eigenvalue weighted by Crippen LogP contribution is -2.29. The van der Waals surface area contributed by atoms with Gasteiger partial charge in [0, 0.05) is 16.5 Å². The van der Waals surface area contributed by atoms with Crippen LogP contribution in [0.1, 0.15) is 28.7 Å². The fourth-order valence-corrected chi connectivity index (χ4v) is 4.96. The van der Waals surface area contributed by atoms with Gasteiger partial charge in [-0.2, -0.15) is 0 Å². The van der Waals surface area contributed by atoms with E-state index in [0.717, 1.165) is 11.3 Å². The topological polar surface area (TPSA) is 107 Å². The standard InChI is InChI=1S/C27H25Cl2N5O4S/c1-3-38-25(35)18-7-10-20(11-8-18)31-26(36)30-15-24-32-33-27(34(24)23-12-9-19(28)14-22(23)29)39-16-17-5-4-6-21(13-17)37-2/h4-14H,3,15-16H2,1-2H3,(H2,30,31,36). The van der Waals surface area contributed by atoms with E-state index >= 15 is 0 Å². The number of halogens is 2. The summed E-state index contributed by atoms with van der Waals surface area (Å²) in [7, 11) is 1.62. The third-order valence-corrected chi connectivity index (χ3v) is 6.95. The second kappa shape index (κ2) is 13.4. The number of thioether (sulfide) groups is 1. The third kappa shape index (κ3) is 7.44. The van der Waals surface area contributed by atoms with Crippen LogP contribution in [0.2, 0.25) is 10.0 Å². The van der Waals surface area contributed by atoms with E-state index < -0.39 is 12.0 Å². The van der Waals surface area contributed by atoms with Crippen LogP contribution in [0.25, 0.3) is 5.69 Å². The number of ether oxygens (including phenoxy) is 2. The van der Waals surface area contributed by atoms with E-state index in [4.69, 9.17) is 32.7 Å². The molecule has 0 saturated carbocycles. The summed E-state index contributed by atoms with van der Waals surface area (Å²) in [5, 5.41) is 15.7. The Morgan fingerprint density at radius 3 is 2.54 bits per heavy atom. The maximum absolute atomic E-state index is 12.6. The van der Waals surface area contributed by atoms with Crippen molar-refractivity contribution in [2.24, 2.45) is 0 Å². The Bertz CT molecular complexity index is 1460. The van der Waals surface area contributed by atoms with Gasteiger partial charge in [0.1, 0.15) is 5.75 Å². The van der Waals surface area contributed by atoms with Crippen LogP contribution < -0.4 is 15.4 Å². The van der Waals surface area contributed by atoms with Crippen LogP contribution in [0.3, 0.4) is 0 Å². The Morgan fingerprint density at radius 1 is 1.03 bits per heavy atom. The fourth-order valence-electron chi connectivity index (χ4n) is 3.56. The van der Waals surface area contributed by atoms with E-state index in [-0.39, 0.29) is 13.2 Å². The first-order chi connectivity index (χ1) is 18.9. The second-order valence-corrected chi connectivity index (χ2v) is 9.86. The van der Waals surface area contributed by atoms with Gasteiger partial charge < -0.3 is 20.1 Å². The first-order valence-electron chi connectivity index (χ1n) is 11.9. The third-order valence-electron chi connectivity index (χ3n) is 5.41. The van der Waals surface area contributed by atoms with Gasteiger partial charge in [0.25, 0.3) is 0 Å². The van der Waals surface area contributed by atoms with Crippen molar-refractivity contribution in [3.05, 3.63) is 93.7 Å². The number of nitrogens with one attached hydrogen (secondary N) is 2. The number of benzene rings is 3. The summed E-state index contributed by atoms with van der Waals surface area (Å²) in [5.41, 5.74) is 2.59. The second-order valence-electron chi connectivity index (χ2n) is 8.08. The molecule has 2 N–H and O–H groups in total. The zero-order chi connectivity index (χ0) is 27.8. The number of rotatable bonds is 10. The van der Waals surface area contributed by atoms with Crippen LogP contribution >= 0.6 is 35.0 Å². The van der Waals surface area contributed by atoms with Crippen LogP contribution in [0.15, 0.2) is 71.9 Å². The summed E-state index contributed by atoms with van der Waals surface area (Å²) < 4.78 is 12.1. The summed E-state index contributed by atoms with van der Waals surface area (Å²) in [6.45, 7) is 2.09. The molecule has 4 rings (SSSR count). The normalized spacial score (nSPS) is 10.7. The summed E-state index contributed by atoms with van der Waals surface area (Å²) in [4.78, 5) is 24.4. The number of urea groups is 1. The van der Waals surface area contributed by atoms with Crippen molar-refractivity contribution in [1.82, 2.24) is 20.1 Å². The van der Waals surface area contributed by atoms with Gasteiger partial charge in [0.05, 0.1) is 36.5 Å². The molecule has 0 aliphatic rings. The molecule has 0 unspecified atom stereocenters. The number of aromatic nitrogens is 3. The summed E-state index contributed by atoms with van der Waals surface area (Å²) in [5.74, 6) is 1.42. The van der Waals surface area contributed by atoms with Crippen LogP contribution in [0.5, 0.6) is 5.75 Å². The molecule has 0 fully saturated rings. The number of anilines is 1. The molecule has 0 aliphatic heterocycles. The van der Waals surface area contributed by atoms with E-state index in [2.05, 4.69) is 20.8 Å². The molecule has 0 aliphatic carbocycles. The van der Waals surface area contributed by atoms with E-state index in [9.17, 15) is 9.59 Å². The lowest BCUT2D eigenvalue weighted by Gasteiger charge is -2.13. The lowest BCUT2D eigenvalue weighted by atomic mass is 10.2. The predicted octanol–water partition coefficient (Wildman–Crippen LogP) is 6.37. The molecule has 2 amide bonds. The first-order valence-corrected chi connectivity index (χ1v) is 13.6. The van der Waals surface area contributed by atoms with Crippen LogP contribution in [0, 0.1) is 0 Å². The molecule has 39 heavy (non-hydrogen) atoms. The highest BCUT2D eigenvalue weighted by atomic mass is 35.5. The highest BCUT2D eigenvalue weighted by Crippen LogP contribution is 2.31. The van der Waals surface area contributed by atoms with Gasteiger partial charge in [-0.15, -0.1) is 10.2 Å². The van der Waals surface area contributed by atoms with Crippen molar-refractivity contribution < 1.29 is 19.1 Å². The van der Waals surface area contributed by atoms with Crippen molar-refractivity contribution in [1.29, 1.82) is 0 Å². The van der Waals surface area contributed by atoms with E-state index in [1.165, 1.54) is 11.8 Å². The molecule has 3 aromatic carbocycles. The number of hydrogen-bond acceptors (Lipinski definition) is 7. The van der Waals surface area contributed by atoms with Gasteiger partial charge in [-0.1, -0.05) is 47.1 Å². The van der Waals surface area contributed by atoms with Crippen molar-refractivity contribution in [3.63, 3.8) is 0 Å². The number of hydrogen-bond donors (Lipinski definition) is 2.